The summed E-state index contributed by atoms with van der Waals surface area (Å²) in [6, 6.07) is 11.5. The van der Waals surface area contributed by atoms with Crippen molar-refractivity contribution in [3.05, 3.63) is 48.2 Å². The third kappa shape index (κ3) is 3.11. The van der Waals surface area contributed by atoms with E-state index in [0.717, 1.165) is 36.3 Å². The van der Waals surface area contributed by atoms with E-state index in [2.05, 4.69) is 10.3 Å². The van der Waals surface area contributed by atoms with Crippen LogP contribution in [0.1, 0.15) is 19.4 Å². The van der Waals surface area contributed by atoms with Gasteiger partial charge in [-0.25, -0.2) is 9.78 Å². The van der Waals surface area contributed by atoms with Crippen molar-refractivity contribution in [1.29, 1.82) is 0 Å². The molecule has 2 aliphatic heterocycles. The number of pyridine rings is 1. The Morgan fingerprint density at radius 1 is 1.18 bits per heavy atom. The summed E-state index contributed by atoms with van der Waals surface area (Å²) >= 11 is 0. The Labute approximate surface area is 164 Å². The lowest BCUT2D eigenvalue weighted by atomic mass is 9.84. The molecular formula is C21H24N4O3. The van der Waals surface area contributed by atoms with E-state index in [-0.39, 0.29) is 12.1 Å². The van der Waals surface area contributed by atoms with Crippen molar-refractivity contribution in [3.63, 3.8) is 0 Å². The Kier molecular flexibility index (Phi) is 4.55. The van der Waals surface area contributed by atoms with Crippen LogP contribution in [0.3, 0.4) is 0 Å². The number of carboxylic acids is 1. The van der Waals surface area contributed by atoms with Crippen LogP contribution in [0.2, 0.25) is 0 Å². The van der Waals surface area contributed by atoms with Gasteiger partial charge in [-0.3, -0.25) is 9.69 Å². The van der Waals surface area contributed by atoms with Gasteiger partial charge in [0.1, 0.15) is 5.82 Å². The summed E-state index contributed by atoms with van der Waals surface area (Å²) in [5.74, 6) is -0.195. The number of benzene rings is 1. The van der Waals surface area contributed by atoms with Gasteiger partial charge in [-0.15, -0.1) is 0 Å². The van der Waals surface area contributed by atoms with Gasteiger partial charge in [0.15, 0.2) is 0 Å². The van der Waals surface area contributed by atoms with Gasteiger partial charge in [0.05, 0.1) is 18.0 Å². The molecule has 7 nitrogen and oxygen atoms in total. The quantitative estimate of drug-likeness (QED) is 0.850. The van der Waals surface area contributed by atoms with Gasteiger partial charge in [-0.2, -0.15) is 0 Å². The summed E-state index contributed by atoms with van der Waals surface area (Å²) in [4.78, 5) is 32.2. The number of aromatic nitrogens is 1. The highest BCUT2D eigenvalue weighted by atomic mass is 16.4. The van der Waals surface area contributed by atoms with E-state index in [1.165, 1.54) is 0 Å². The van der Waals surface area contributed by atoms with Crippen LogP contribution < -0.4 is 10.2 Å². The number of fused-ring (bicyclic) bond motifs is 1. The number of piperazine rings is 1. The maximum atomic E-state index is 12.6. The molecule has 7 heteroatoms. The first-order chi connectivity index (χ1) is 13.4. The van der Waals surface area contributed by atoms with E-state index in [4.69, 9.17) is 0 Å². The number of carbonyl (C=O) groups excluding carboxylic acids is 1. The van der Waals surface area contributed by atoms with E-state index in [1.54, 1.807) is 24.9 Å². The third-order valence-electron chi connectivity index (χ3n) is 5.72. The topological polar surface area (TPSA) is 85.8 Å². The second kappa shape index (κ2) is 6.91. The predicted molar refractivity (Wildman–Crippen MR) is 106 cm³/mol. The second-order valence-electron chi connectivity index (χ2n) is 7.86. The lowest BCUT2D eigenvalue weighted by Gasteiger charge is -2.28. The number of aliphatic carboxylic acids is 1. The van der Waals surface area contributed by atoms with Crippen LogP contribution in [-0.2, 0) is 10.2 Å². The standard InChI is InChI=1S/C21H24N4O3/c1-21(2,19(26)27)16-6-3-14(4-7-16)15-5-8-18(23-11-15)25-13-17-12-22-9-10-24(17)20(25)28/h3-8,11,17,22H,9-10,12-13H2,1-2H3,(H,26,27)/t17-/m0/s1. The summed E-state index contributed by atoms with van der Waals surface area (Å²) in [6.45, 7) is 6.42. The number of hydrogen-bond acceptors (Lipinski definition) is 4. The van der Waals surface area contributed by atoms with Gasteiger partial charge < -0.3 is 15.3 Å². The molecule has 0 aliphatic carbocycles. The molecule has 0 spiro atoms. The summed E-state index contributed by atoms with van der Waals surface area (Å²) < 4.78 is 0. The molecule has 1 atom stereocenters. The van der Waals surface area contributed by atoms with Crippen LogP contribution in [0.5, 0.6) is 0 Å². The molecule has 1 aromatic carbocycles. The van der Waals surface area contributed by atoms with Gasteiger partial charge in [0, 0.05) is 31.4 Å². The molecule has 0 radical (unpaired) electrons. The smallest absolute Gasteiger partial charge is 0.326 e. The zero-order valence-electron chi connectivity index (χ0n) is 16.1. The van der Waals surface area contributed by atoms with Gasteiger partial charge in [0.25, 0.3) is 0 Å². The van der Waals surface area contributed by atoms with Crippen LogP contribution in [0.4, 0.5) is 10.6 Å². The molecule has 3 heterocycles. The highest BCUT2D eigenvalue weighted by Crippen LogP contribution is 2.28. The van der Waals surface area contributed by atoms with E-state index < -0.39 is 11.4 Å². The van der Waals surface area contributed by atoms with Gasteiger partial charge >= 0.3 is 12.0 Å². The molecule has 0 unspecified atom stereocenters. The molecule has 28 heavy (non-hydrogen) atoms. The molecule has 0 saturated carbocycles. The minimum atomic E-state index is -0.933. The maximum Gasteiger partial charge on any atom is 0.326 e. The fourth-order valence-corrected chi connectivity index (χ4v) is 3.73. The van der Waals surface area contributed by atoms with Crippen LogP contribution in [0.25, 0.3) is 11.1 Å². The number of nitrogens with one attached hydrogen (secondary N) is 1. The lowest BCUT2D eigenvalue weighted by molar-refractivity contribution is -0.142. The number of carboxylic acid groups (broad SMARTS) is 1. The van der Waals surface area contributed by atoms with Crippen molar-refractivity contribution in [3.8, 4) is 11.1 Å². The van der Waals surface area contributed by atoms with E-state index >= 15 is 0 Å². The van der Waals surface area contributed by atoms with Crippen LogP contribution >= 0.6 is 0 Å². The van der Waals surface area contributed by atoms with Crippen molar-refractivity contribution in [1.82, 2.24) is 15.2 Å². The first-order valence-corrected chi connectivity index (χ1v) is 9.47. The first-order valence-electron chi connectivity index (χ1n) is 9.47. The predicted octanol–water partition coefficient (Wildman–Crippen LogP) is 2.32. The third-order valence-corrected chi connectivity index (χ3v) is 5.72. The summed E-state index contributed by atoms with van der Waals surface area (Å²) in [5.41, 5.74) is 1.70. The molecule has 1 aromatic heterocycles. The number of urea groups is 1. The Balaban J connectivity index is 1.52. The van der Waals surface area contributed by atoms with E-state index in [1.807, 2.05) is 41.3 Å². The Morgan fingerprint density at radius 3 is 2.50 bits per heavy atom. The molecule has 2 fully saturated rings. The SMILES string of the molecule is CC(C)(C(=O)O)c1ccc(-c2ccc(N3C[C@@H]4CNCCN4C3=O)nc2)cc1. The number of amides is 2. The Morgan fingerprint density at radius 2 is 1.89 bits per heavy atom. The number of rotatable bonds is 4. The minimum Gasteiger partial charge on any atom is -0.481 e. The van der Waals surface area contributed by atoms with E-state index in [0.29, 0.717) is 12.4 Å². The molecule has 146 valence electrons. The first kappa shape index (κ1) is 18.4. The fraction of sp³-hybridized carbons (Fsp3) is 0.381. The number of hydrogen-bond donors (Lipinski definition) is 2. The Bertz CT molecular complexity index is 893. The van der Waals surface area contributed by atoms with Crippen molar-refractivity contribution < 1.29 is 14.7 Å². The van der Waals surface area contributed by atoms with Crippen LogP contribution in [-0.4, -0.2) is 59.2 Å². The largest absolute Gasteiger partial charge is 0.481 e. The molecule has 2 amide bonds. The average molecular weight is 380 g/mol. The fourth-order valence-electron chi connectivity index (χ4n) is 3.73. The molecule has 2 N–H and O–H groups in total. The van der Waals surface area contributed by atoms with Gasteiger partial charge in [0.2, 0.25) is 0 Å². The summed E-state index contributed by atoms with van der Waals surface area (Å²) in [7, 11) is 0. The summed E-state index contributed by atoms with van der Waals surface area (Å²) in [5, 5.41) is 12.7. The average Bonchev–Trinajstić information content (AvgIpc) is 3.05. The molecular weight excluding hydrogens is 356 g/mol. The molecule has 2 aromatic rings. The number of nitrogens with zero attached hydrogens (tertiary/aromatic N) is 3. The Hall–Kier alpha value is -2.93. The maximum absolute atomic E-state index is 12.6. The van der Waals surface area contributed by atoms with Crippen LogP contribution in [0, 0.1) is 0 Å². The summed E-state index contributed by atoms with van der Waals surface area (Å²) in [6.07, 6.45) is 1.76. The van der Waals surface area contributed by atoms with E-state index in [9.17, 15) is 14.7 Å². The van der Waals surface area contributed by atoms with Crippen LogP contribution in [0.15, 0.2) is 42.6 Å². The number of anilines is 1. The van der Waals surface area contributed by atoms with Crippen molar-refractivity contribution in [2.24, 2.45) is 0 Å². The zero-order chi connectivity index (χ0) is 19.9. The highest BCUT2D eigenvalue weighted by molar-refractivity contribution is 5.94. The molecule has 0 bridgehead atoms. The highest BCUT2D eigenvalue weighted by Gasteiger charge is 2.39. The lowest BCUT2D eigenvalue weighted by Crippen LogP contribution is -2.49. The van der Waals surface area contributed by atoms with Crippen molar-refractivity contribution in [2.75, 3.05) is 31.1 Å². The minimum absolute atomic E-state index is 0.0204. The molecule has 2 aliphatic rings. The molecule has 4 rings (SSSR count). The van der Waals surface area contributed by atoms with Gasteiger partial charge in [-0.05, 0) is 37.1 Å². The number of carbonyl (C=O) groups is 2. The van der Waals surface area contributed by atoms with Gasteiger partial charge in [-0.1, -0.05) is 24.3 Å². The normalized spacial score (nSPS) is 19.6. The van der Waals surface area contributed by atoms with Crippen molar-refractivity contribution in [2.45, 2.75) is 25.3 Å². The zero-order valence-corrected chi connectivity index (χ0v) is 16.1. The van der Waals surface area contributed by atoms with Crippen molar-refractivity contribution >= 4 is 17.8 Å². The molecule has 2 saturated heterocycles. The second-order valence-corrected chi connectivity index (χ2v) is 7.86. The monoisotopic (exact) mass is 380 g/mol.